The number of benzene rings is 1. The lowest BCUT2D eigenvalue weighted by Gasteiger charge is -2.37. The molecule has 0 saturated carbocycles. The Morgan fingerprint density at radius 3 is 2.56 bits per heavy atom. The van der Waals surface area contributed by atoms with E-state index in [-0.39, 0.29) is 29.9 Å². The van der Waals surface area contributed by atoms with E-state index >= 15 is 0 Å². The molecule has 27 heavy (non-hydrogen) atoms. The van der Waals surface area contributed by atoms with Crippen molar-refractivity contribution in [3.8, 4) is 0 Å². The molecule has 0 amide bonds. The number of anilines is 1. The summed E-state index contributed by atoms with van der Waals surface area (Å²) in [5.41, 5.74) is 0.301. The van der Waals surface area contributed by atoms with Crippen LogP contribution in [0.15, 0.2) is 23.2 Å². The molecule has 1 aliphatic rings. The van der Waals surface area contributed by atoms with Crippen molar-refractivity contribution in [1.29, 1.82) is 0 Å². The average Bonchev–Trinajstić information content (AvgIpc) is 2.66. The van der Waals surface area contributed by atoms with E-state index in [0.29, 0.717) is 44.8 Å². The third kappa shape index (κ3) is 7.11. The van der Waals surface area contributed by atoms with Crippen LogP contribution in [-0.4, -0.2) is 63.7 Å². The van der Waals surface area contributed by atoms with Gasteiger partial charge in [-0.1, -0.05) is 0 Å². The summed E-state index contributed by atoms with van der Waals surface area (Å²) in [7, 11) is 3.10. The van der Waals surface area contributed by atoms with Crippen LogP contribution in [0, 0.1) is 11.6 Å². The number of guanidine groups is 1. The van der Waals surface area contributed by atoms with Crippen molar-refractivity contribution in [2.75, 3.05) is 51.8 Å². The Morgan fingerprint density at radius 1 is 1.22 bits per heavy atom. The standard InChI is InChI=1S/C18H26F2N4O2.HI/c1-21-18(22-8-4-3-5-17(25)26-2)24-11-9-23(10-12-24)16-13-14(19)6-7-15(16)20;/h6-7,13H,3-5,8-12H2,1-2H3,(H,21,22);1H. The van der Waals surface area contributed by atoms with E-state index in [4.69, 9.17) is 0 Å². The second kappa shape index (κ2) is 11.9. The first-order valence-electron chi connectivity index (χ1n) is 8.77. The maximum atomic E-state index is 13.9. The quantitative estimate of drug-likeness (QED) is 0.216. The van der Waals surface area contributed by atoms with Gasteiger partial charge in [0.1, 0.15) is 11.6 Å². The highest BCUT2D eigenvalue weighted by Gasteiger charge is 2.21. The van der Waals surface area contributed by atoms with Gasteiger partial charge >= 0.3 is 5.97 Å². The van der Waals surface area contributed by atoms with E-state index < -0.39 is 11.6 Å². The average molecular weight is 496 g/mol. The fraction of sp³-hybridized carbons (Fsp3) is 0.556. The monoisotopic (exact) mass is 496 g/mol. The Kier molecular flexibility index (Phi) is 10.3. The number of halogens is 3. The van der Waals surface area contributed by atoms with Crippen LogP contribution in [0.3, 0.4) is 0 Å². The summed E-state index contributed by atoms with van der Waals surface area (Å²) >= 11 is 0. The van der Waals surface area contributed by atoms with Gasteiger partial charge < -0.3 is 19.9 Å². The Hall–Kier alpha value is -1.65. The number of nitrogens with zero attached hydrogens (tertiary/aromatic N) is 3. The predicted molar refractivity (Wildman–Crippen MR) is 113 cm³/mol. The maximum absolute atomic E-state index is 13.9. The number of carbonyl (C=O) groups is 1. The van der Waals surface area contributed by atoms with E-state index in [1.54, 1.807) is 7.05 Å². The minimum atomic E-state index is -0.437. The first-order chi connectivity index (χ1) is 12.5. The van der Waals surface area contributed by atoms with Gasteiger partial charge in [-0.05, 0) is 25.0 Å². The lowest BCUT2D eigenvalue weighted by molar-refractivity contribution is -0.140. The van der Waals surface area contributed by atoms with Crippen molar-refractivity contribution < 1.29 is 18.3 Å². The summed E-state index contributed by atoms with van der Waals surface area (Å²) in [6.07, 6.45) is 2.00. The Balaban J connectivity index is 0.00000364. The number of hydrogen-bond donors (Lipinski definition) is 1. The number of rotatable bonds is 6. The van der Waals surface area contributed by atoms with E-state index in [2.05, 4.69) is 19.9 Å². The van der Waals surface area contributed by atoms with Gasteiger partial charge in [0.25, 0.3) is 0 Å². The molecule has 9 heteroatoms. The van der Waals surface area contributed by atoms with Crippen molar-refractivity contribution in [2.24, 2.45) is 4.99 Å². The summed E-state index contributed by atoms with van der Waals surface area (Å²) in [4.78, 5) is 19.3. The zero-order valence-electron chi connectivity index (χ0n) is 15.7. The number of carbonyl (C=O) groups excluding carboxylic acids is 1. The highest BCUT2D eigenvalue weighted by atomic mass is 127. The largest absolute Gasteiger partial charge is 0.469 e. The molecule has 1 saturated heterocycles. The van der Waals surface area contributed by atoms with E-state index in [1.165, 1.54) is 13.2 Å². The van der Waals surface area contributed by atoms with Crippen molar-refractivity contribution in [2.45, 2.75) is 19.3 Å². The number of hydrogen-bond acceptors (Lipinski definition) is 4. The van der Waals surface area contributed by atoms with Crippen LogP contribution < -0.4 is 10.2 Å². The van der Waals surface area contributed by atoms with Crippen molar-refractivity contribution in [1.82, 2.24) is 10.2 Å². The van der Waals surface area contributed by atoms with Gasteiger partial charge in [-0.3, -0.25) is 9.79 Å². The molecular formula is C18H27F2IN4O2. The summed E-state index contributed by atoms with van der Waals surface area (Å²) < 4.78 is 31.9. The molecule has 0 atom stereocenters. The molecule has 1 aromatic rings. The Labute approximate surface area is 176 Å². The fourth-order valence-electron chi connectivity index (χ4n) is 2.92. The molecule has 2 rings (SSSR count). The minimum absolute atomic E-state index is 0. The summed E-state index contributed by atoms with van der Waals surface area (Å²) in [5, 5.41) is 3.28. The van der Waals surface area contributed by atoms with Crippen LogP contribution in [0.1, 0.15) is 19.3 Å². The molecule has 6 nitrogen and oxygen atoms in total. The molecule has 1 aromatic carbocycles. The van der Waals surface area contributed by atoms with Crippen LogP contribution in [0.5, 0.6) is 0 Å². The molecular weight excluding hydrogens is 469 g/mol. The fourth-order valence-corrected chi connectivity index (χ4v) is 2.92. The lowest BCUT2D eigenvalue weighted by Crippen LogP contribution is -2.52. The zero-order valence-corrected chi connectivity index (χ0v) is 18.0. The molecule has 1 aliphatic heterocycles. The van der Waals surface area contributed by atoms with Crippen LogP contribution >= 0.6 is 24.0 Å². The molecule has 152 valence electrons. The molecule has 0 radical (unpaired) electrons. The van der Waals surface area contributed by atoms with Crippen LogP contribution in [0.4, 0.5) is 14.5 Å². The minimum Gasteiger partial charge on any atom is -0.469 e. The molecule has 0 bridgehead atoms. The highest BCUT2D eigenvalue weighted by Crippen LogP contribution is 2.21. The van der Waals surface area contributed by atoms with Gasteiger partial charge in [-0.2, -0.15) is 0 Å². The number of nitrogens with one attached hydrogen (secondary N) is 1. The third-order valence-corrected chi connectivity index (χ3v) is 4.36. The summed E-state index contributed by atoms with van der Waals surface area (Å²) in [6, 6.07) is 3.52. The Bertz CT molecular complexity index is 638. The maximum Gasteiger partial charge on any atom is 0.305 e. The van der Waals surface area contributed by atoms with Crippen LogP contribution in [0.2, 0.25) is 0 Å². The SMILES string of the molecule is CN=C(NCCCCC(=O)OC)N1CCN(c2cc(F)ccc2F)CC1.I. The number of ether oxygens (including phenoxy) is 1. The number of methoxy groups -OCH3 is 1. The van der Waals surface area contributed by atoms with Crippen molar-refractivity contribution in [3.05, 3.63) is 29.8 Å². The number of piperazine rings is 1. The molecule has 1 fully saturated rings. The topological polar surface area (TPSA) is 57.2 Å². The van der Waals surface area contributed by atoms with Crippen molar-refractivity contribution >= 4 is 41.6 Å². The lowest BCUT2D eigenvalue weighted by atomic mass is 10.2. The van der Waals surface area contributed by atoms with Gasteiger partial charge in [0.05, 0.1) is 12.8 Å². The smallest absolute Gasteiger partial charge is 0.305 e. The summed E-state index contributed by atoms with van der Waals surface area (Å²) in [5.74, 6) is -0.265. The molecule has 0 unspecified atom stereocenters. The molecule has 0 aliphatic carbocycles. The van der Waals surface area contributed by atoms with E-state index in [9.17, 15) is 13.6 Å². The van der Waals surface area contributed by atoms with E-state index in [1.807, 2.05) is 4.90 Å². The number of unbranched alkanes of at least 4 members (excludes halogenated alkanes) is 1. The second-order valence-corrected chi connectivity index (χ2v) is 6.08. The summed E-state index contributed by atoms with van der Waals surface area (Å²) in [6.45, 7) is 3.21. The highest BCUT2D eigenvalue weighted by molar-refractivity contribution is 14.0. The van der Waals surface area contributed by atoms with Gasteiger partial charge in [-0.15, -0.1) is 24.0 Å². The van der Waals surface area contributed by atoms with E-state index in [0.717, 1.165) is 30.9 Å². The number of esters is 1. The molecule has 0 spiro atoms. The van der Waals surface area contributed by atoms with Gasteiger partial charge in [0, 0.05) is 52.3 Å². The molecule has 1 heterocycles. The first-order valence-corrected chi connectivity index (χ1v) is 8.77. The third-order valence-electron chi connectivity index (χ3n) is 4.36. The predicted octanol–water partition coefficient (Wildman–Crippen LogP) is 2.62. The van der Waals surface area contributed by atoms with Gasteiger partial charge in [-0.25, -0.2) is 8.78 Å². The van der Waals surface area contributed by atoms with Gasteiger partial charge in [0.2, 0.25) is 0 Å². The van der Waals surface area contributed by atoms with Crippen LogP contribution in [0.25, 0.3) is 0 Å². The zero-order chi connectivity index (χ0) is 18.9. The molecule has 0 aromatic heterocycles. The van der Waals surface area contributed by atoms with Crippen molar-refractivity contribution in [3.63, 3.8) is 0 Å². The van der Waals surface area contributed by atoms with Crippen LogP contribution in [-0.2, 0) is 9.53 Å². The first kappa shape index (κ1) is 23.4. The van der Waals surface area contributed by atoms with Gasteiger partial charge in [0.15, 0.2) is 5.96 Å². The number of aliphatic imine (C=N–C) groups is 1. The normalized spacial score (nSPS) is 14.6. The Morgan fingerprint density at radius 2 is 1.93 bits per heavy atom. The molecule has 1 N–H and O–H groups in total. The second-order valence-electron chi connectivity index (χ2n) is 6.08.